The van der Waals surface area contributed by atoms with E-state index in [0.717, 1.165) is 19.1 Å². The standard InChI is InChI=1S/C16H24N2O5S/c1-5-18(24(4,20)21)13-11-15(23-3)14(22-2)10-12(13)16(19)17-8-6-7-9-17/h10-11H,5-9H2,1-4H3. The topological polar surface area (TPSA) is 76.2 Å². The zero-order valence-electron chi connectivity index (χ0n) is 14.5. The Labute approximate surface area is 143 Å². The summed E-state index contributed by atoms with van der Waals surface area (Å²) >= 11 is 0. The van der Waals surface area contributed by atoms with Crippen LogP contribution in [0.25, 0.3) is 0 Å². The number of nitrogens with zero attached hydrogens (tertiary/aromatic N) is 2. The second-order valence-corrected chi connectivity index (χ2v) is 7.56. The first-order valence-electron chi connectivity index (χ1n) is 7.86. The molecule has 1 aliphatic heterocycles. The minimum absolute atomic E-state index is 0.189. The third-order valence-corrected chi connectivity index (χ3v) is 5.34. The lowest BCUT2D eigenvalue weighted by molar-refractivity contribution is 0.0793. The number of amides is 1. The van der Waals surface area contributed by atoms with Crippen LogP contribution < -0.4 is 13.8 Å². The van der Waals surface area contributed by atoms with Gasteiger partial charge in [-0.2, -0.15) is 0 Å². The van der Waals surface area contributed by atoms with Crippen LogP contribution in [0.15, 0.2) is 12.1 Å². The SMILES string of the molecule is CCN(c1cc(OC)c(OC)cc1C(=O)N1CCCC1)S(C)(=O)=O. The summed E-state index contributed by atoms with van der Waals surface area (Å²) in [6.07, 6.45) is 3.03. The summed E-state index contributed by atoms with van der Waals surface area (Å²) in [6.45, 7) is 3.30. The summed E-state index contributed by atoms with van der Waals surface area (Å²) in [5.41, 5.74) is 0.622. The van der Waals surface area contributed by atoms with Crippen LogP contribution >= 0.6 is 0 Å². The molecule has 2 rings (SSSR count). The van der Waals surface area contributed by atoms with Crippen molar-refractivity contribution in [2.45, 2.75) is 19.8 Å². The number of carbonyl (C=O) groups excluding carboxylic acids is 1. The van der Waals surface area contributed by atoms with Crippen LogP contribution in [-0.4, -0.2) is 59.3 Å². The highest BCUT2D eigenvalue weighted by molar-refractivity contribution is 7.92. The third-order valence-electron chi connectivity index (χ3n) is 4.08. The van der Waals surface area contributed by atoms with Crippen molar-refractivity contribution in [3.8, 4) is 11.5 Å². The second-order valence-electron chi connectivity index (χ2n) is 5.65. The molecule has 0 saturated carbocycles. The Bertz CT molecular complexity index is 711. The zero-order chi connectivity index (χ0) is 17.9. The van der Waals surface area contributed by atoms with E-state index >= 15 is 0 Å². The Morgan fingerprint density at radius 3 is 2.17 bits per heavy atom. The monoisotopic (exact) mass is 356 g/mol. The van der Waals surface area contributed by atoms with Gasteiger partial charge in [-0.15, -0.1) is 0 Å². The fraction of sp³-hybridized carbons (Fsp3) is 0.562. The van der Waals surface area contributed by atoms with Gasteiger partial charge in [-0.3, -0.25) is 9.10 Å². The molecule has 1 aromatic carbocycles. The van der Waals surface area contributed by atoms with Gasteiger partial charge in [-0.05, 0) is 25.8 Å². The first-order valence-corrected chi connectivity index (χ1v) is 9.71. The quantitative estimate of drug-likeness (QED) is 0.776. The van der Waals surface area contributed by atoms with Crippen molar-refractivity contribution in [2.24, 2.45) is 0 Å². The highest BCUT2D eigenvalue weighted by Gasteiger charge is 2.28. The van der Waals surface area contributed by atoms with Crippen LogP contribution in [-0.2, 0) is 10.0 Å². The minimum Gasteiger partial charge on any atom is -0.493 e. The highest BCUT2D eigenvalue weighted by atomic mass is 32.2. The summed E-state index contributed by atoms with van der Waals surface area (Å²) in [4.78, 5) is 14.6. The maximum atomic E-state index is 12.9. The number of ether oxygens (including phenoxy) is 2. The molecule has 0 radical (unpaired) electrons. The van der Waals surface area contributed by atoms with E-state index < -0.39 is 10.0 Å². The Morgan fingerprint density at radius 1 is 1.17 bits per heavy atom. The Kier molecular flexibility index (Phi) is 5.58. The molecule has 1 aromatic rings. The Morgan fingerprint density at radius 2 is 1.71 bits per heavy atom. The molecular formula is C16H24N2O5S. The van der Waals surface area contributed by atoms with Gasteiger partial charge in [0.2, 0.25) is 10.0 Å². The summed E-state index contributed by atoms with van der Waals surface area (Å²) in [7, 11) is -0.571. The molecule has 0 spiro atoms. The number of likely N-dealkylation sites (tertiary alicyclic amines) is 1. The lowest BCUT2D eigenvalue weighted by Gasteiger charge is -2.26. The van der Waals surface area contributed by atoms with Gasteiger partial charge in [0, 0.05) is 25.7 Å². The van der Waals surface area contributed by atoms with E-state index in [1.54, 1.807) is 24.0 Å². The molecular weight excluding hydrogens is 332 g/mol. The van der Waals surface area contributed by atoms with Gasteiger partial charge in [0.05, 0.1) is 31.7 Å². The number of hydrogen-bond acceptors (Lipinski definition) is 5. The van der Waals surface area contributed by atoms with E-state index in [4.69, 9.17) is 9.47 Å². The Hall–Kier alpha value is -1.96. The fourth-order valence-corrected chi connectivity index (χ4v) is 3.90. The van der Waals surface area contributed by atoms with Gasteiger partial charge in [-0.25, -0.2) is 8.42 Å². The molecule has 1 amide bonds. The normalized spacial score (nSPS) is 14.6. The molecule has 0 atom stereocenters. The summed E-state index contributed by atoms with van der Waals surface area (Å²) in [6, 6.07) is 3.11. The molecule has 0 unspecified atom stereocenters. The van der Waals surface area contributed by atoms with Gasteiger partial charge < -0.3 is 14.4 Å². The van der Waals surface area contributed by atoms with E-state index in [2.05, 4.69) is 0 Å². The molecule has 134 valence electrons. The predicted octanol–water partition coefficient (Wildman–Crippen LogP) is 1.73. The molecule has 0 aliphatic carbocycles. The van der Waals surface area contributed by atoms with Crippen molar-refractivity contribution in [2.75, 3.05) is 44.4 Å². The van der Waals surface area contributed by atoms with Gasteiger partial charge >= 0.3 is 0 Å². The number of rotatable bonds is 6. The number of hydrogen-bond donors (Lipinski definition) is 0. The van der Waals surface area contributed by atoms with Crippen molar-refractivity contribution in [1.82, 2.24) is 4.90 Å². The lowest BCUT2D eigenvalue weighted by Crippen LogP contribution is -2.34. The first kappa shape index (κ1) is 18.4. The molecule has 8 heteroatoms. The molecule has 1 fully saturated rings. The number of benzene rings is 1. The summed E-state index contributed by atoms with van der Waals surface area (Å²) in [5, 5.41) is 0. The van der Waals surface area contributed by atoms with E-state index in [9.17, 15) is 13.2 Å². The number of methoxy groups -OCH3 is 2. The molecule has 0 bridgehead atoms. The maximum Gasteiger partial charge on any atom is 0.256 e. The van der Waals surface area contributed by atoms with E-state index in [1.807, 2.05) is 0 Å². The van der Waals surface area contributed by atoms with Crippen LogP contribution in [0.5, 0.6) is 11.5 Å². The maximum absolute atomic E-state index is 12.9. The molecule has 1 heterocycles. The number of carbonyl (C=O) groups is 1. The van der Waals surface area contributed by atoms with Crippen LogP contribution in [0.3, 0.4) is 0 Å². The molecule has 0 aromatic heterocycles. The molecule has 7 nitrogen and oxygen atoms in total. The minimum atomic E-state index is -3.53. The van der Waals surface area contributed by atoms with Crippen molar-refractivity contribution in [1.29, 1.82) is 0 Å². The lowest BCUT2D eigenvalue weighted by atomic mass is 10.1. The average molecular weight is 356 g/mol. The van der Waals surface area contributed by atoms with Crippen LogP contribution in [0.2, 0.25) is 0 Å². The zero-order valence-corrected chi connectivity index (χ0v) is 15.4. The first-order chi connectivity index (χ1) is 11.3. The molecule has 0 N–H and O–H groups in total. The highest BCUT2D eigenvalue weighted by Crippen LogP contribution is 2.37. The van der Waals surface area contributed by atoms with Crippen LogP contribution in [0, 0.1) is 0 Å². The van der Waals surface area contributed by atoms with Gasteiger partial charge in [-0.1, -0.05) is 0 Å². The van der Waals surface area contributed by atoms with E-state index in [0.29, 0.717) is 35.8 Å². The summed E-state index contributed by atoms with van der Waals surface area (Å²) < 4.78 is 36.0. The number of sulfonamides is 1. The van der Waals surface area contributed by atoms with Gasteiger partial charge in [0.15, 0.2) is 11.5 Å². The Balaban J connectivity index is 2.63. The van der Waals surface area contributed by atoms with Crippen molar-refractivity contribution in [3.05, 3.63) is 17.7 Å². The van der Waals surface area contributed by atoms with E-state index in [1.165, 1.54) is 18.5 Å². The smallest absolute Gasteiger partial charge is 0.256 e. The summed E-state index contributed by atoms with van der Waals surface area (Å²) in [5.74, 6) is 0.589. The van der Waals surface area contributed by atoms with E-state index in [-0.39, 0.29) is 12.5 Å². The van der Waals surface area contributed by atoms with Crippen molar-refractivity contribution in [3.63, 3.8) is 0 Å². The van der Waals surface area contributed by atoms with Crippen LogP contribution in [0.1, 0.15) is 30.1 Å². The number of anilines is 1. The van der Waals surface area contributed by atoms with Crippen molar-refractivity contribution < 1.29 is 22.7 Å². The van der Waals surface area contributed by atoms with Gasteiger partial charge in [0.25, 0.3) is 5.91 Å². The third kappa shape index (κ3) is 3.58. The second kappa shape index (κ2) is 7.29. The predicted molar refractivity (Wildman–Crippen MR) is 92.5 cm³/mol. The van der Waals surface area contributed by atoms with Gasteiger partial charge in [0.1, 0.15) is 0 Å². The molecule has 1 saturated heterocycles. The fourth-order valence-electron chi connectivity index (χ4n) is 2.92. The van der Waals surface area contributed by atoms with Crippen LogP contribution in [0.4, 0.5) is 5.69 Å². The molecule has 1 aliphatic rings. The van der Waals surface area contributed by atoms with Crippen molar-refractivity contribution >= 4 is 21.6 Å². The largest absolute Gasteiger partial charge is 0.493 e. The molecule has 24 heavy (non-hydrogen) atoms. The average Bonchev–Trinajstić information content (AvgIpc) is 3.07.